The van der Waals surface area contributed by atoms with Crippen molar-refractivity contribution in [1.29, 1.82) is 5.26 Å². The van der Waals surface area contributed by atoms with E-state index >= 15 is 0 Å². The highest BCUT2D eigenvalue weighted by atomic mass is 32.1. The summed E-state index contributed by atoms with van der Waals surface area (Å²) in [6, 6.07) is 15.5. The van der Waals surface area contributed by atoms with Gasteiger partial charge in [-0.25, -0.2) is 4.99 Å². The van der Waals surface area contributed by atoms with E-state index in [1.54, 1.807) is 23.6 Å². The highest BCUT2D eigenvalue weighted by molar-refractivity contribution is 7.16. The van der Waals surface area contributed by atoms with Crippen molar-refractivity contribution >= 4 is 34.1 Å². The van der Waals surface area contributed by atoms with E-state index in [9.17, 15) is 10.1 Å². The van der Waals surface area contributed by atoms with E-state index in [-0.39, 0.29) is 17.9 Å². The number of amides is 1. The van der Waals surface area contributed by atoms with Gasteiger partial charge < -0.3 is 14.8 Å². The van der Waals surface area contributed by atoms with E-state index < -0.39 is 0 Å². The molecule has 1 aliphatic carbocycles. The molecule has 1 N–H and O–H groups in total. The van der Waals surface area contributed by atoms with Gasteiger partial charge in [0.15, 0.2) is 18.1 Å². The van der Waals surface area contributed by atoms with Crippen LogP contribution in [0.4, 0.5) is 10.7 Å². The molecule has 1 aromatic heterocycles. The summed E-state index contributed by atoms with van der Waals surface area (Å²) in [5, 5.41) is 13.5. The Hall–Kier alpha value is -3.63. The van der Waals surface area contributed by atoms with Gasteiger partial charge in [0, 0.05) is 16.8 Å². The Balaban J connectivity index is 1.47. The van der Waals surface area contributed by atoms with Crippen molar-refractivity contribution in [1.82, 2.24) is 0 Å². The number of nitrogens with zero attached hydrogens (tertiary/aromatic N) is 2. The van der Waals surface area contributed by atoms with E-state index in [1.807, 2.05) is 50.2 Å². The van der Waals surface area contributed by atoms with Crippen LogP contribution in [-0.4, -0.2) is 25.3 Å². The molecule has 3 aromatic rings. The Morgan fingerprint density at radius 1 is 1.21 bits per heavy atom. The molecule has 1 atom stereocenters. The number of hydrogen-bond acceptors (Lipinski definition) is 6. The standard InChI is InChI=1S/C31H35N3O3S/c1-6-36-27-15-21(11-14-26(27)37-19-29(35)34-25-10-8-7-9-20(25)2)18-33-30-24(17-32)23-13-12-22(31(3,4)5)16-28(23)38-30/h7-11,14-15,18,22H,6,12-13,16,19H2,1-5H3,(H,34,35)/t22-/m1/s1. The first-order chi connectivity index (χ1) is 18.2. The maximum Gasteiger partial charge on any atom is 0.262 e. The third-order valence-corrected chi connectivity index (χ3v) is 8.12. The molecule has 6 nitrogen and oxygen atoms in total. The largest absolute Gasteiger partial charge is 0.490 e. The highest BCUT2D eigenvalue weighted by Gasteiger charge is 2.32. The maximum atomic E-state index is 12.4. The number of anilines is 1. The number of hydrogen-bond donors (Lipinski definition) is 1. The third kappa shape index (κ3) is 6.43. The predicted octanol–water partition coefficient (Wildman–Crippen LogP) is 7.25. The van der Waals surface area contributed by atoms with Crippen LogP contribution in [0, 0.1) is 29.6 Å². The normalized spacial score (nSPS) is 15.1. The molecule has 1 heterocycles. The van der Waals surface area contributed by atoms with Gasteiger partial charge in [0.1, 0.15) is 11.1 Å². The summed E-state index contributed by atoms with van der Waals surface area (Å²) >= 11 is 1.64. The van der Waals surface area contributed by atoms with Gasteiger partial charge >= 0.3 is 0 Å². The SMILES string of the molecule is CCOc1cc(C=Nc2sc3c(c2C#N)CC[C@@H](C(C)(C)C)C3)ccc1OCC(=O)Nc1ccccc1C. The topological polar surface area (TPSA) is 83.7 Å². The molecule has 1 amide bonds. The zero-order valence-electron chi connectivity index (χ0n) is 22.8. The number of aliphatic imine (C=N–C) groups is 1. The van der Waals surface area contributed by atoms with Gasteiger partial charge in [-0.15, -0.1) is 11.3 Å². The van der Waals surface area contributed by atoms with Gasteiger partial charge in [-0.05, 0) is 85.4 Å². The number of nitrogens with one attached hydrogen (secondary N) is 1. The number of carbonyl (C=O) groups is 1. The van der Waals surface area contributed by atoms with Crippen LogP contribution in [0.5, 0.6) is 11.5 Å². The van der Waals surface area contributed by atoms with E-state index in [1.165, 1.54) is 10.4 Å². The van der Waals surface area contributed by atoms with Gasteiger partial charge in [-0.3, -0.25) is 4.79 Å². The first kappa shape index (κ1) is 27.4. The Kier molecular flexibility index (Phi) is 8.53. The molecule has 198 valence electrons. The molecule has 4 rings (SSSR count). The van der Waals surface area contributed by atoms with E-state index in [0.717, 1.165) is 41.1 Å². The number of ether oxygens (including phenoxy) is 2. The predicted molar refractivity (Wildman–Crippen MR) is 154 cm³/mol. The summed E-state index contributed by atoms with van der Waals surface area (Å²) in [5.41, 5.74) is 4.70. The summed E-state index contributed by atoms with van der Waals surface area (Å²) in [5.74, 6) is 1.39. The molecular weight excluding hydrogens is 494 g/mol. The fourth-order valence-electron chi connectivity index (χ4n) is 4.69. The lowest BCUT2D eigenvalue weighted by Gasteiger charge is -2.33. The number of thiophene rings is 1. The monoisotopic (exact) mass is 529 g/mol. The Morgan fingerprint density at radius 3 is 2.71 bits per heavy atom. The zero-order valence-corrected chi connectivity index (χ0v) is 23.6. The molecule has 0 saturated heterocycles. The quantitative estimate of drug-likeness (QED) is 0.312. The number of benzene rings is 2. The Labute approximate surface area is 229 Å². The molecule has 1 aliphatic rings. The first-order valence-corrected chi connectivity index (χ1v) is 13.8. The van der Waals surface area contributed by atoms with Crippen molar-refractivity contribution in [3.05, 3.63) is 69.6 Å². The second-order valence-corrected chi connectivity index (χ2v) is 11.7. The van der Waals surface area contributed by atoms with Crippen LogP contribution in [0.1, 0.15) is 61.2 Å². The molecule has 0 saturated carbocycles. The summed E-state index contributed by atoms with van der Waals surface area (Å²) in [7, 11) is 0. The fourth-order valence-corrected chi connectivity index (χ4v) is 5.91. The lowest BCUT2D eigenvalue weighted by molar-refractivity contribution is -0.118. The van der Waals surface area contributed by atoms with Crippen molar-refractivity contribution in [3.8, 4) is 17.6 Å². The van der Waals surface area contributed by atoms with Gasteiger partial charge in [-0.1, -0.05) is 39.0 Å². The minimum atomic E-state index is -0.244. The number of carbonyl (C=O) groups excluding carboxylic acids is 1. The minimum Gasteiger partial charge on any atom is -0.490 e. The van der Waals surface area contributed by atoms with Gasteiger partial charge in [0.25, 0.3) is 5.91 Å². The first-order valence-electron chi connectivity index (χ1n) is 13.0. The number of rotatable bonds is 8. The third-order valence-electron chi connectivity index (χ3n) is 6.96. The molecule has 38 heavy (non-hydrogen) atoms. The van der Waals surface area contributed by atoms with Crippen molar-refractivity contribution in [3.63, 3.8) is 0 Å². The van der Waals surface area contributed by atoms with Crippen LogP contribution in [0.3, 0.4) is 0 Å². The van der Waals surface area contributed by atoms with Crippen LogP contribution in [0.2, 0.25) is 0 Å². The van der Waals surface area contributed by atoms with Gasteiger partial charge in [0.2, 0.25) is 0 Å². The average Bonchev–Trinajstić information content (AvgIpc) is 3.24. The van der Waals surface area contributed by atoms with Crippen LogP contribution in [0.25, 0.3) is 0 Å². The smallest absolute Gasteiger partial charge is 0.262 e. The average molecular weight is 530 g/mol. The number of fused-ring (bicyclic) bond motifs is 1. The summed E-state index contributed by atoms with van der Waals surface area (Å²) < 4.78 is 11.6. The van der Waals surface area contributed by atoms with Crippen molar-refractivity contribution < 1.29 is 14.3 Å². The molecular formula is C31H35N3O3S. The Bertz CT molecular complexity index is 1380. The Morgan fingerprint density at radius 2 is 2.00 bits per heavy atom. The second kappa shape index (κ2) is 11.8. The van der Waals surface area contributed by atoms with Gasteiger partial charge in [-0.2, -0.15) is 5.26 Å². The van der Waals surface area contributed by atoms with Crippen LogP contribution in [-0.2, 0) is 17.6 Å². The highest BCUT2D eigenvalue weighted by Crippen LogP contribution is 2.45. The van der Waals surface area contributed by atoms with E-state index in [4.69, 9.17) is 14.5 Å². The summed E-state index contributed by atoms with van der Waals surface area (Å²) in [4.78, 5) is 18.4. The molecule has 0 aliphatic heterocycles. The van der Waals surface area contributed by atoms with E-state index in [0.29, 0.717) is 29.6 Å². The fraction of sp³-hybridized carbons (Fsp3) is 0.387. The molecule has 0 unspecified atom stereocenters. The molecule has 0 spiro atoms. The van der Waals surface area contributed by atoms with Crippen LogP contribution in [0.15, 0.2) is 47.5 Å². The van der Waals surface area contributed by atoms with Crippen molar-refractivity contribution in [2.24, 2.45) is 16.3 Å². The number of nitriles is 1. The number of para-hydroxylation sites is 1. The molecule has 0 fully saturated rings. The van der Waals surface area contributed by atoms with Gasteiger partial charge in [0.05, 0.1) is 12.2 Å². The maximum absolute atomic E-state index is 12.4. The summed E-state index contributed by atoms with van der Waals surface area (Å²) in [6.45, 7) is 11.0. The molecule has 7 heteroatoms. The molecule has 0 bridgehead atoms. The van der Waals surface area contributed by atoms with Crippen LogP contribution < -0.4 is 14.8 Å². The van der Waals surface area contributed by atoms with Crippen LogP contribution >= 0.6 is 11.3 Å². The van der Waals surface area contributed by atoms with E-state index in [2.05, 4.69) is 32.2 Å². The lowest BCUT2D eigenvalue weighted by Crippen LogP contribution is -2.26. The summed E-state index contributed by atoms with van der Waals surface area (Å²) in [6.07, 6.45) is 4.81. The minimum absolute atomic E-state index is 0.135. The van der Waals surface area contributed by atoms with Crippen molar-refractivity contribution in [2.45, 2.75) is 53.9 Å². The van der Waals surface area contributed by atoms with Crippen molar-refractivity contribution in [2.75, 3.05) is 18.5 Å². The zero-order chi connectivity index (χ0) is 27.3. The molecule has 2 aromatic carbocycles. The molecule has 0 radical (unpaired) electrons. The second-order valence-electron chi connectivity index (χ2n) is 10.7. The number of aryl methyl sites for hydroxylation is 1. The lowest BCUT2D eigenvalue weighted by atomic mass is 9.72.